The predicted octanol–water partition coefficient (Wildman–Crippen LogP) is 3.07. The maximum atomic E-state index is 12.2. The maximum Gasteiger partial charge on any atom is 0.233 e. The van der Waals surface area contributed by atoms with Gasteiger partial charge >= 0.3 is 0 Å². The minimum atomic E-state index is -1.36. The zero-order chi connectivity index (χ0) is 15.0. The molecule has 1 aromatic heterocycles. The van der Waals surface area contributed by atoms with Crippen LogP contribution < -0.4 is 4.90 Å². The van der Waals surface area contributed by atoms with Crippen LogP contribution in [0.2, 0.25) is 19.6 Å². The van der Waals surface area contributed by atoms with Gasteiger partial charge in [0.2, 0.25) is 5.91 Å². The Morgan fingerprint density at radius 2 is 2.00 bits per heavy atom. The number of hydrogen-bond donors (Lipinski definition) is 0. The van der Waals surface area contributed by atoms with Gasteiger partial charge in [-0.2, -0.15) is 0 Å². The van der Waals surface area contributed by atoms with Gasteiger partial charge in [0.1, 0.15) is 13.9 Å². The number of rotatable bonds is 1. The molecule has 20 heavy (non-hydrogen) atoms. The second-order valence-electron chi connectivity index (χ2n) is 7.00. The minimum Gasteiger partial charge on any atom is -0.296 e. The van der Waals surface area contributed by atoms with Crippen LogP contribution in [0, 0.1) is 16.9 Å². The first-order chi connectivity index (χ1) is 9.19. The third-order valence-electron chi connectivity index (χ3n) is 3.39. The summed E-state index contributed by atoms with van der Waals surface area (Å²) in [6.45, 7) is 11.4. The first-order valence-electron chi connectivity index (χ1n) is 7.00. The molecule has 1 amide bonds. The van der Waals surface area contributed by atoms with Crippen molar-refractivity contribution in [3.05, 3.63) is 23.9 Å². The Balaban J connectivity index is 2.17. The van der Waals surface area contributed by atoms with Gasteiger partial charge in [-0.1, -0.05) is 39.4 Å². The minimum absolute atomic E-state index is 0.158. The molecule has 2 heterocycles. The molecule has 3 nitrogen and oxygen atoms in total. The predicted molar refractivity (Wildman–Crippen MR) is 85.2 cm³/mol. The third kappa shape index (κ3) is 3.29. The van der Waals surface area contributed by atoms with E-state index in [9.17, 15) is 4.79 Å². The summed E-state index contributed by atoms with van der Waals surface area (Å²) >= 11 is 0. The largest absolute Gasteiger partial charge is 0.296 e. The van der Waals surface area contributed by atoms with Crippen molar-refractivity contribution in [2.24, 2.45) is 5.41 Å². The monoisotopic (exact) mass is 286 g/mol. The number of amides is 1. The van der Waals surface area contributed by atoms with E-state index in [0.29, 0.717) is 0 Å². The molecule has 4 heteroatoms. The first kappa shape index (κ1) is 14.8. The maximum absolute atomic E-state index is 12.2. The summed E-state index contributed by atoms with van der Waals surface area (Å²) in [6, 6.07) is 3.85. The van der Waals surface area contributed by atoms with Crippen LogP contribution in [-0.4, -0.2) is 25.5 Å². The lowest BCUT2D eigenvalue weighted by Crippen LogP contribution is -2.31. The van der Waals surface area contributed by atoms with Crippen molar-refractivity contribution in [2.45, 2.75) is 39.9 Å². The van der Waals surface area contributed by atoms with Crippen LogP contribution in [0.15, 0.2) is 18.3 Å². The van der Waals surface area contributed by atoms with Crippen LogP contribution in [0.5, 0.6) is 0 Å². The van der Waals surface area contributed by atoms with Crippen molar-refractivity contribution in [2.75, 3.05) is 11.4 Å². The summed E-state index contributed by atoms with van der Waals surface area (Å²) in [5.41, 5.74) is 3.97. The smallest absolute Gasteiger partial charge is 0.233 e. The van der Waals surface area contributed by atoms with Crippen LogP contribution in [0.25, 0.3) is 0 Å². The number of anilines is 1. The van der Waals surface area contributed by atoms with Crippen LogP contribution >= 0.6 is 0 Å². The molecule has 0 aromatic carbocycles. The van der Waals surface area contributed by atoms with Crippen LogP contribution in [0.4, 0.5) is 5.82 Å². The van der Waals surface area contributed by atoms with E-state index in [2.05, 4.69) is 36.1 Å². The molecule has 0 N–H and O–H groups in total. The molecular weight excluding hydrogens is 264 g/mol. The number of hydrogen-bond acceptors (Lipinski definition) is 2. The Morgan fingerprint density at radius 1 is 1.30 bits per heavy atom. The fourth-order valence-electron chi connectivity index (χ4n) is 2.06. The van der Waals surface area contributed by atoms with E-state index in [-0.39, 0.29) is 11.3 Å². The van der Waals surface area contributed by atoms with Crippen LogP contribution in [0.3, 0.4) is 0 Å². The van der Waals surface area contributed by atoms with E-state index < -0.39 is 8.07 Å². The van der Waals surface area contributed by atoms with Gasteiger partial charge < -0.3 is 0 Å². The second kappa shape index (κ2) is 5.06. The number of aromatic nitrogens is 1. The molecule has 0 atom stereocenters. The molecular formula is C16H22N2OSi. The van der Waals surface area contributed by atoms with Gasteiger partial charge in [-0.05, 0) is 18.6 Å². The van der Waals surface area contributed by atoms with Crippen LogP contribution in [0.1, 0.15) is 25.8 Å². The molecule has 1 aliphatic heterocycles. The van der Waals surface area contributed by atoms with Crippen molar-refractivity contribution in [3.63, 3.8) is 0 Å². The summed E-state index contributed by atoms with van der Waals surface area (Å²) in [5.74, 6) is 4.07. The fourth-order valence-corrected chi connectivity index (χ4v) is 2.58. The number of nitrogens with zero attached hydrogens (tertiary/aromatic N) is 2. The van der Waals surface area contributed by atoms with E-state index in [1.165, 1.54) is 0 Å². The van der Waals surface area contributed by atoms with Gasteiger partial charge in [0.25, 0.3) is 0 Å². The van der Waals surface area contributed by atoms with E-state index in [1.54, 1.807) is 11.1 Å². The molecule has 106 valence electrons. The summed E-state index contributed by atoms with van der Waals surface area (Å²) in [7, 11) is -1.36. The van der Waals surface area contributed by atoms with Crippen LogP contribution in [-0.2, 0) is 4.79 Å². The molecule has 0 aliphatic carbocycles. The average molecular weight is 286 g/mol. The molecule has 1 saturated heterocycles. The van der Waals surface area contributed by atoms with Gasteiger partial charge in [0.15, 0.2) is 0 Å². The molecule has 0 radical (unpaired) electrons. The molecule has 1 aliphatic rings. The topological polar surface area (TPSA) is 33.2 Å². The highest BCUT2D eigenvalue weighted by Gasteiger charge is 2.39. The molecule has 0 spiro atoms. The fraction of sp³-hybridized carbons (Fsp3) is 0.500. The Morgan fingerprint density at radius 3 is 2.45 bits per heavy atom. The first-order valence-corrected chi connectivity index (χ1v) is 10.5. The lowest BCUT2D eigenvalue weighted by molar-refractivity contribution is -0.124. The lowest BCUT2D eigenvalue weighted by atomic mass is 9.92. The Labute approximate surface area is 122 Å². The van der Waals surface area contributed by atoms with E-state index in [4.69, 9.17) is 0 Å². The second-order valence-corrected chi connectivity index (χ2v) is 11.7. The van der Waals surface area contributed by atoms with Crippen molar-refractivity contribution < 1.29 is 4.79 Å². The molecule has 0 unspecified atom stereocenters. The average Bonchev–Trinajstić information content (AvgIpc) is 2.62. The molecule has 0 saturated carbocycles. The van der Waals surface area contributed by atoms with Crippen molar-refractivity contribution in [3.8, 4) is 11.5 Å². The van der Waals surface area contributed by atoms with Crippen molar-refractivity contribution >= 4 is 19.8 Å². The molecule has 2 rings (SSSR count). The van der Waals surface area contributed by atoms with E-state index in [1.807, 2.05) is 26.0 Å². The van der Waals surface area contributed by atoms with E-state index in [0.717, 1.165) is 24.3 Å². The highest BCUT2D eigenvalue weighted by atomic mass is 28.3. The SMILES string of the molecule is CC1(C)CCN(c2ccc(C#C[Si](C)(C)C)cn2)C1=O. The molecule has 1 fully saturated rings. The Kier molecular flexibility index (Phi) is 3.75. The van der Waals surface area contributed by atoms with Crippen molar-refractivity contribution in [1.82, 2.24) is 4.98 Å². The quantitative estimate of drug-likeness (QED) is 0.587. The molecule has 1 aromatic rings. The van der Waals surface area contributed by atoms with Gasteiger partial charge in [-0.15, -0.1) is 5.54 Å². The van der Waals surface area contributed by atoms with Gasteiger partial charge in [-0.25, -0.2) is 4.98 Å². The highest BCUT2D eigenvalue weighted by Crippen LogP contribution is 2.32. The standard InChI is InChI=1S/C16H22N2OSi/c1-16(2)9-10-18(15(16)19)14-7-6-13(12-17-14)8-11-20(3,4)5/h6-7,12H,9-10H2,1-5H3. The number of carbonyl (C=O) groups is 1. The Hall–Kier alpha value is -1.60. The highest BCUT2D eigenvalue weighted by molar-refractivity contribution is 6.83. The van der Waals surface area contributed by atoms with Gasteiger partial charge in [0.05, 0.1) is 0 Å². The zero-order valence-electron chi connectivity index (χ0n) is 12.9. The van der Waals surface area contributed by atoms with Gasteiger partial charge in [0, 0.05) is 23.7 Å². The number of pyridine rings is 1. The van der Waals surface area contributed by atoms with E-state index >= 15 is 0 Å². The summed E-state index contributed by atoms with van der Waals surface area (Å²) in [4.78, 5) is 18.4. The summed E-state index contributed by atoms with van der Waals surface area (Å²) in [5, 5.41) is 0. The zero-order valence-corrected chi connectivity index (χ0v) is 13.9. The van der Waals surface area contributed by atoms with Crippen molar-refractivity contribution in [1.29, 1.82) is 0 Å². The van der Waals surface area contributed by atoms with Gasteiger partial charge in [-0.3, -0.25) is 9.69 Å². The number of carbonyl (C=O) groups excluding carboxylic acids is 1. The third-order valence-corrected chi connectivity index (χ3v) is 4.27. The normalized spacial score (nSPS) is 17.9. The molecule has 0 bridgehead atoms. The summed E-state index contributed by atoms with van der Waals surface area (Å²) < 4.78 is 0. The lowest BCUT2D eigenvalue weighted by Gasteiger charge is -2.18. The Bertz CT molecular complexity index is 573. The summed E-state index contributed by atoms with van der Waals surface area (Å²) in [6.07, 6.45) is 2.64.